The molecule has 2 aliphatic heterocycles. The highest BCUT2D eigenvalue weighted by atomic mass is 19.4. The van der Waals surface area contributed by atoms with E-state index >= 15 is 0 Å². The lowest BCUT2D eigenvalue weighted by Gasteiger charge is -2.30. The second-order valence-corrected chi connectivity index (χ2v) is 7.73. The number of likely N-dealkylation sites (tertiary alicyclic amines) is 1. The molecule has 10 heteroatoms. The summed E-state index contributed by atoms with van der Waals surface area (Å²) in [5.41, 5.74) is -1.07. The smallest absolute Gasteiger partial charge is 0.381 e. The van der Waals surface area contributed by atoms with Crippen molar-refractivity contribution in [3.8, 4) is 0 Å². The van der Waals surface area contributed by atoms with Gasteiger partial charge < -0.3 is 20.1 Å². The minimum atomic E-state index is -4.54. The summed E-state index contributed by atoms with van der Waals surface area (Å²) >= 11 is 0. The van der Waals surface area contributed by atoms with Gasteiger partial charge in [-0.1, -0.05) is 6.07 Å². The first-order valence-corrected chi connectivity index (χ1v) is 10.5. The number of benzene rings is 1. The van der Waals surface area contributed by atoms with E-state index in [0.29, 0.717) is 25.7 Å². The quantitative estimate of drug-likeness (QED) is 0.672. The zero-order valence-electron chi connectivity index (χ0n) is 17.4. The molecule has 0 unspecified atom stereocenters. The molecule has 2 fully saturated rings. The molecule has 2 heterocycles. The van der Waals surface area contributed by atoms with E-state index in [1.165, 1.54) is 6.07 Å². The van der Waals surface area contributed by atoms with E-state index in [2.05, 4.69) is 15.5 Å². The second-order valence-electron chi connectivity index (χ2n) is 7.73. The van der Waals surface area contributed by atoms with Crippen molar-refractivity contribution in [2.45, 2.75) is 44.1 Å². The predicted molar refractivity (Wildman–Crippen MR) is 107 cm³/mol. The lowest BCUT2D eigenvalue weighted by atomic mass is 10.1. The average molecular weight is 443 g/mol. The molecule has 0 saturated carbocycles. The summed E-state index contributed by atoms with van der Waals surface area (Å²) in [7, 11) is 0. The van der Waals surface area contributed by atoms with Crippen molar-refractivity contribution in [1.29, 1.82) is 0 Å². The number of carbonyl (C=O) groups is 2. The summed E-state index contributed by atoms with van der Waals surface area (Å²) in [5, 5.41) is 5.28. The highest BCUT2D eigenvalue weighted by molar-refractivity contribution is 5.96. The summed E-state index contributed by atoms with van der Waals surface area (Å²) in [5.74, 6) is -1.15. The number of halogens is 3. The van der Waals surface area contributed by atoms with Crippen LogP contribution in [0.25, 0.3) is 0 Å². The molecule has 2 atom stereocenters. The van der Waals surface area contributed by atoms with E-state index in [0.717, 1.165) is 44.3 Å². The van der Waals surface area contributed by atoms with Crippen molar-refractivity contribution in [2.75, 3.05) is 39.5 Å². The fourth-order valence-corrected chi connectivity index (χ4v) is 4.03. The number of nitrogens with zero attached hydrogens (tertiary/aromatic N) is 1. The molecule has 172 valence electrons. The largest absolute Gasteiger partial charge is 0.416 e. The molecule has 2 aliphatic rings. The minimum absolute atomic E-state index is 0.152. The van der Waals surface area contributed by atoms with Crippen LogP contribution in [0.4, 0.5) is 13.2 Å². The Bertz CT molecular complexity index is 768. The first kappa shape index (κ1) is 23.5. The van der Waals surface area contributed by atoms with Crippen LogP contribution in [0, 0.1) is 0 Å². The van der Waals surface area contributed by atoms with Gasteiger partial charge in [-0.2, -0.15) is 13.2 Å². The van der Waals surface area contributed by atoms with Gasteiger partial charge in [0.15, 0.2) is 0 Å². The number of nitrogens with one attached hydrogen (secondary N) is 2. The normalized spacial score (nSPS) is 23.0. The molecule has 0 bridgehead atoms. The number of hydrogen-bond donors (Lipinski definition) is 2. The number of rotatable bonds is 7. The standard InChI is InChI=1S/C21H28F3N3O4/c1-2-31-18-13-27(16-6-8-30-9-7-16)12-17(18)26-19(28)11-25-20(29)14-4-3-5-15(10-14)21(22,23)24/h3-5,10,16-18H,2,6-9,11-13H2,1H3,(H,25,29)(H,26,28)/t17-,18-/m1/s1. The Labute approximate surface area is 179 Å². The van der Waals surface area contributed by atoms with Crippen LogP contribution in [0.2, 0.25) is 0 Å². The second kappa shape index (κ2) is 10.4. The lowest BCUT2D eigenvalue weighted by molar-refractivity contribution is -0.137. The van der Waals surface area contributed by atoms with Crippen molar-refractivity contribution in [2.24, 2.45) is 0 Å². The highest BCUT2D eigenvalue weighted by Gasteiger charge is 2.38. The third-order valence-corrected chi connectivity index (χ3v) is 5.59. The molecule has 0 aromatic heterocycles. The van der Waals surface area contributed by atoms with Gasteiger partial charge in [-0.05, 0) is 38.0 Å². The summed E-state index contributed by atoms with van der Waals surface area (Å²) in [6.07, 6.45) is -2.82. The lowest BCUT2D eigenvalue weighted by Crippen LogP contribution is -2.48. The van der Waals surface area contributed by atoms with Crippen molar-refractivity contribution >= 4 is 11.8 Å². The summed E-state index contributed by atoms with van der Waals surface area (Å²) in [6, 6.07) is 4.26. The van der Waals surface area contributed by atoms with Crippen LogP contribution in [0.5, 0.6) is 0 Å². The number of amides is 2. The molecule has 2 amide bonds. The maximum atomic E-state index is 12.8. The minimum Gasteiger partial charge on any atom is -0.381 e. The summed E-state index contributed by atoms with van der Waals surface area (Å²) in [4.78, 5) is 26.9. The maximum Gasteiger partial charge on any atom is 0.416 e. The van der Waals surface area contributed by atoms with Crippen LogP contribution in [-0.2, 0) is 20.4 Å². The molecule has 2 saturated heterocycles. The predicted octanol–water partition coefficient (Wildman–Crippen LogP) is 1.82. The zero-order chi connectivity index (χ0) is 22.4. The van der Waals surface area contributed by atoms with Gasteiger partial charge >= 0.3 is 6.18 Å². The Balaban J connectivity index is 1.52. The van der Waals surface area contributed by atoms with Crippen LogP contribution in [0.15, 0.2) is 24.3 Å². The third kappa shape index (κ3) is 6.41. The van der Waals surface area contributed by atoms with Gasteiger partial charge in [0.2, 0.25) is 5.91 Å². The molecule has 0 radical (unpaired) electrons. The number of hydrogen-bond acceptors (Lipinski definition) is 5. The van der Waals surface area contributed by atoms with E-state index in [-0.39, 0.29) is 24.3 Å². The van der Waals surface area contributed by atoms with Gasteiger partial charge in [0.1, 0.15) is 0 Å². The fourth-order valence-electron chi connectivity index (χ4n) is 4.03. The Kier molecular flexibility index (Phi) is 7.90. The van der Waals surface area contributed by atoms with Gasteiger partial charge in [-0.3, -0.25) is 14.5 Å². The third-order valence-electron chi connectivity index (χ3n) is 5.59. The number of ether oxygens (including phenoxy) is 2. The van der Waals surface area contributed by atoms with Gasteiger partial charge in [0.25, 0.3) is 5.91 Å². The number of carbonyl (C=O) groups excluding carboxylic acids is 2. The highest BCUT2D eigenvalue weighted by Crippen LogP contribution is 2.29. The maximum absolute atomic E-state index is 12.8. The van der Waals surface area contributed by atoms with E-state index in [4.69, 9.17) is 9.47 Å². The summed E-state index contributed by atoms with van der Waals surface area (Å²) < 4.78 is 49.7. The van der Waals surface area contributed by atoms with Gasteiger partial charge in [-0.15, -0.1) is 0 Å². The fraction of sp³-hybridized carbons (Fsp3) is 0.619. The van der Waals surface area contributed by atoms with E-state index in [9.17, 15) is 22.8 Å². The van der Waals surface area contributed by atoms with Gasteiger partial charge in [0.05, 0.1) is 24.3 Å². The SMILES string of the molecule is CCO[C@@H]1CN(C2CCOCC2)C[C@H]1NC(=O)CNC(=O)c1cccc(C(F)(F)F)c1. The van der Waals surface area contributed by atoms with Crippen molar-refractivity contribution < 1.29 is 32.2 Å². The average Bonchev–Trinajstić information content (AvgIpc) is 3.15. The van der Waals surface area contributed by atoms with E-state index < -0.39 is 23.6 Å². The van der Waals surface area contributed by atoms with Gasteiger partial charge in [0, 0.05) is 44.5 Å². The van der Waals surface area contributed by atoms with Crippen molar-refractivity contribution in [3.63, 3.8) is 0 Å². The first-order chi connectivity index (χ1) is 14.8. The topological polar surface area (TPSA) is 79.9 Å². The van der Waals surface area contributed by atoms with E-state index in [1.54, 1.807) is 0 Å². The van der Waals surface area contributed by atoms with Crippen LogP contribution in [0.1, 0.15) is 35.7 Å². The molecule has 0 aliphatic carbocycles. The number of alkyl halides is 3. The van der Waals surface area contributed by atoms with Crippen molar-refractivity contribution in [3.05, 3.63) is 35.4 Å². The Morgan fingerprint density at radius 1 is 1.23 bits per heavy atom. The van der Waals surface area contributed by atoms with Crippen molar-refractivity contribution in [1.82, 2.24) is 15.5 Å². The molecular formula is C21H28F3N3O4. The van der Waals surface area contributed by atoms with Crippen LogP contribution in [0.3, 0.4) is 0 Å². The molecule has 1 aromatic carbocycles. The Hall–Kier alpha value is -2.17. The molecule has 1 aromatic rings. The van der Waals surface area contributed by atoms with E-state index in [1.807, 2.05) is 6.92 Å². The van der Waals surface area contributed by atoms with Crippen LogP contribution >= 0.6 is 0 Å². The molecule has 0 spiro atoms. The first-order valence-electron chi connectivity index (χ1n) is 10.5. The summed E-state index contributed by atoms with van der Waals surface area (Å²) in [6.45, 7) is 4.87. The monoisotopic (exact) mass is 443 g/mol. The molecule has 7 nitrogen and oxygen atoms in total. The Morgan fingerprint density at radius 2 is 1.97 bits per heavy atom. The molecular weight excluding hydrogens is 415 g/mol. The molecule has 31 heavy (non-hydrogen) atoms. The zero-order valence-corrected chi connectivity index (χ0v) is 17.4. The Morgan fingerprint density at radius 3 is 2.65 bits per heavy atom. The van der Waals surface area contributed by atoms with Crippen LogP contribution in [-0.4, -0.2) is 74.4 Å². The van der Waals surface area contributed by atoms with Gasteiger partial charge in [-0.25, -0.2) is 0 Å². The molecule has 2 N–H and O–H groups in total. The van der Waals surface area contributed by atoms with Crippen LogP contribution < -0.4 is 10.6 Å². The molecule has 3 rings (SSSR count).